The van der Waals surface area contributed by atoms with Gasteiger partial charge in [0.2, 0.25) is 5.82 Å². The number of benzene rings is 4. The summed E-state index contributed by atoms with van der Waals surface area (Å²) >= 11 is 15.7. The summed E-state index contributed by atoms with van der Waals surface area (Å²) < 4.78 is 14.2. The van der Waals surface area contributed by atoms with Gasteiger partial charge in [0.05, 0.1) is 17.1 Å². The first-order valence-electron chi connectivity index (χ1n) is 11.9. The fourth-order valence-corrected chi connectivity index (χ4v) is 4.81. The summed E-state index contributed by atoms with van der Waals surface area (Å²) in [5.41, 5.74) is 2.46. The van der Waals surface area contributed by atoms with Gasteiger partial charge in [-0.05, 0) is 72.3 Å². The molecule has 0 saturated heterocycles. The van der Waals surface area contributed by atoms with Crippen molar-refractivity contribution in [1.29, 1.82) is 0 Å². The van der Waals surface area contributed by atoms with E-state index in [1.165, 1.54) is 4.68 Å². The Hall–Kier alpha value is -3.91. The zero-order valence-corrected chi connectivity index (χ0v) is 23.2. The number of rotatable bonds is 6. The van der Waals surface area contributed by atoms with Crippen LogP contribution in [0.5, 0.6) is 5.75 Å². The quantitative estimate of drug-likeness (QED) is 0.176. The third-order valence-corrected chi connectivity index (χ3v) is 7.02. The molecule has 9 heteroatoms. The summed E-state index contributed by atoms with van der Waals surface area (Å²) in [6, 6.07) is 27.3. The van der Waals surface area contributed by atoms with Crippen molar-refractivity contribution in [3.8, 4) is 17.3 Å². The molecule has 0 fully saturated rings. The summed E-state index contributed by atoms with van der Waals surface area (Å²) in [6.45, 7) is 0.337. The van der Waals surface area contributed by atoms with Crippen LogP contribution >= 0.6 is 39.1 Å². The van der Waals surface area contributed by atoms with Crippen molar-refractivity contribution in [1.82, 2.24) is 9.66 Å². The summed E-state index contributed by atoms with van der Waals surface area (Å²) in [5.74, 6) is 1.25. The minimum atomic E-state index is -0.330. The maximum Gasteiger partial charge on any atom is 0.282 e. The van der Waals surface area contributed by atoms with Crippen LogP contribution < -0.4 is 10.3 Å². The zero-order chi connectivity index (χ0) is 26.9. The molecule has 0 radical (unpaired) electrons. The highest BCUT2D eigenvalue weighted by Gasteiger charge is 2.17. The molecule has 0 atom stereocenters. The fraction of sp³-hybridized carbons (Fsp3) is 0.0333. The topological polar surface area (TPSA) is 69.6 Å². The first-order chi connectivity index (χ1) is 18.9. The van der Waals surface area contributed by atoms with E-state index < -0.39 is 0 Å². The van der Waals surface area contributed by atoms with Crippen LogP contribution in [0.1, 0.15) is 11.1 Å². The lowest BCUT2D eigenvalue weighted by Crippen LogP contribution is -2.20. The van der Waals surface area contributed by atoms with Gasteiger partial charge in [-0.2, -0.15) is 9.78 Å². The van der Waals surface area contributed by atoms with Gasteiger partial charge in [-0.25, -0.2) is 4.98 Å². The van der Waals surface area contributed by atoms with Crippen molar-refractivity contribution < 1.29 is 9.15 Å². The Bertz CT molecular complexity index is 1930. The van der Waals surface area contributed by atoms with Crippen molar-refractivity contribution in [2.75, 3.05) is 0 Å². The predicted molar refractivity (Wildman–Crippen MR) is 159 cm³/mol. The predicted octanol–water partition coefficient (Wildman–Crippen LogP) is 8.34. The number of furan rings is 1. The Morgan fingerprint density at radius 3 is 2.59 bits per heavy atom. The molecule has 39 heavy (non-hydrogen) atoms. The molecule has 0 bridgehead atoms. The Balaban J connectivity index is 1.44. The molecule has 2 heterocycles. The van der Waals surface area contributed by atoms with Crippen LogP contribution in [0.4, 0.5) is 0 Å². The Kier molecular flexibility index (Phi) is 6.95. The molecule has 6 nitrogen and oxygen atoms in total. The molecule has 4 aromatic carbocycles. The molecule has 0 spiro atoms. The second-order valence-electron chi connectivity index (χ2n) is 8.70. The highest BCUT2D eigenvalue weighted by atomic mass is 79.9. The van der Waals surface area contributed by atoms with E-state index in [0.29, 0.717) is 50.2 Å². The van der Waals surface area contributed by atoms with Gasteiger partial charge < -0.3 is 9.15 Å². The number of fused-ring (bicyclic) bond motifs is 2. The van der Waals surface area contributed by atoms with Crippen molar-refractivity contribution in [2.45, 2.75) is 6.61 Å². The van der Waals surface area contributed by atoms with E-state index in [4.69, 9.17) is 37.3 Å². The fourth-order valence-electron chi connectivity index (χ4n) is 4.13. The molecule has 0 saturated carbocycles. The highest BCUT2D eigenvalue weighted by molar-refractivity contribution is 9.10. The van der Waals surface area contributed by atoms with Gasteiger partial charge in [-0.3, -0.25) is 4.79 Å². The molecule has 6 rings (SSSR count). The first-order valence-corrected chi connectivity index (χ1v) is 13.4. The summed E-state index contributed by atoms with van der Waals surface area (Å²) in [4.78, 5) is 18.3. The lowest BCUT2D eigenvalue weighted by atomic mass is 10.2. The van der Waals surface area contributed by atoms with Gasteiger partial charge >= 0.3 is 0 Å². The monoisotopic (exact) mass is 617 g/mol. The molecular weight excluding hydrogens is 601 g/mol. The van der Waals surface area contributed by atoms with Gasteiger partial charge in [0.25, 0.3) is 5.56 Å². The molecular formula is C30H18BrCl2N3O3. The minimum absolute atomic E-state index is 0.265. The summed E-state index contributed by atoms with van der Waals surface area (Å²) in [6.07, 6.45) is 1.57. The van der Waals surface area contributed by atoms with E-state index in [0.717, 1.165) is 15.4 Å². The third kappa shape index (κ3) is 5.34. The molecule has 0 aliphatic rings. The van der Waals surface area contributed by atoms with E-state index in [1.54, 1.807) is 48.7 Å². The number of hydrogen-bond acceptors (Lipinski definition) is 5. The van der Waals surface area contributed by atoms with E-state index in [2.05, 4.69) is 21.0 Å². The van der Waals surface area contributed by atoms with Gasteiger partial charge in [0.1, 0.15) is 17.9 Å². The second kappa shape index (κ2) is 10.7. The van der Waals surface area contributed by atoms with Crippen molar-refractivity contribution >= 4 is 67.2 Å². The Morgan fingerprint density at radius 2 is 1.74 bits per heavy atom. The lowest BCUT2D eigenvalue weighted by Gasteiger charge is -2.11. The van der Waals surface area contributed by atoms with E-state index in [1.807, 2.05) is 48.5 Å². The maximum absolute atomic E-state index is 13.6. The van der Waals surface area contributed by atoms with Crippen LogP contribution in [0.15, 0.2) is 110 Å². The molecule has 0 aliphatic carbocycles. The lowest BCUT2D eigenvalue weighted by molar-refractivity contribution is 0.305. The number of nitrogens with zero attached hydrogens (tertiary/aromatic N) is 3. The van der Waals surface area contributed by atoms with Crippen molar-refractivity contribution in [2.24, 2.45) is 5.10 Å². The van der Waals surface area contributed by atoms with Crippen LogP contribution in [0.2, 0.25) is 10.0 Å². The van der Waals surface area contributed by atoms with Crippen LogP contribution in [-0.2, 0) is 6.61 Å². The van der Waals surface area contributed by atoms with E-state index in [-0.39, 0.29) is 11.4 Å². The third-order valence-electron chi connectivity index (χ3n) is 6.04. The van der Waals surface area contributed by atoms with Crippen LogP contribution in [0.3, 0.4) is 0 Å². The Morgan fingerprint density at radius 1 is 0.949 bits per heavy atom. The van der Waals surface area contributed by atoms with Crippen LogP contribution in [0, 0.1) is 0 Å². The number of halogens is 3. The number of ether oxygens (including phenoxy) is 1. The highest BCUT2D eigenvalue weighted by Crippen LogP contribution is 2.29. The standard InChI is InChI=1S/C30H18BrCl2N3O3/c31-21-7-11-26(38-17-18-5-8-22(32)9-6-18)20(13-21)16-34-36-29(35-25-4-2-1-3-24(25)30(36)37)28-15-19-14-23(33)10-12-27(19)39-28/h1-16H,17H2. The molecule has 0 amide bonds. The smallest absolute Gasteiger partial charge is 0.282 e. The van der Waals surface area contributed by atoms with Crippen molar-refractivity contribution in [3.05, 3.63) is 127 Å². The zero-order valence-electron chi connectivity index (χ0n) is 20.1. The number of hydrogen-bond donors (Lipinski definition) is 0. The van der Waals surface area contributed by atoms with Gasteiger partial charge in [0.15, 0.2) is 5.76 Å². The summed E-state index contributed by atoms with van der Waals surface area (Å²) in [7, 11) is 0. The molecule has 0 unspecified atom stereocenters. The minimum Gasteiger partial charge on any atom is -0.488 e. The van der Waals surface area contributed by atoms with Gasteiger partial charge in [-0.1, -0.05) is 63.4 Å². The molecule has 0 aliphatic heterocycles. The Labute approximate surface area is 241 Å². The second-order valence-corrected chi connectivity index (χ2v) is 10.5. The normalized spacial score (nSPS) is 11.6. The molecule has 0 N–H and O–H groups in total. The molecule has 6 aromatic rings. The number of aromatic nitrogens is 2. The number of para-hydroxylation sites is 1. The van der Waals surface area contributed by atoms with E-state index >= 15 is 0 Å². The van der Waals surface area contributed by atoms with E-state index in [9.17, 15) is 4.79 Å². The van der Waals surface area contributed by atoms with Gasteiger partial charge in [0, 0.05) is 25.5 Å². The average molecular weight is 619 g/mol. The van der Waals surface area contributed by atoms with Gasteiger partial charge in [-0.15, -0.1) is 0 Å². The largest absolute Gasteiger partial charge is 0.488 e. The average Bonchev–Trinajstić information content (AvgIpc) is 3.36. The van der Waals surface area contributed by atoms with Crippen LogP contribution in [-0.4, -0.2) is 15.9 Å². The maximum atomic E-state index is 13.6. The van der Waals surface area contributed by atoms with Crippen LogP contribution in [0.25, 0.3) is 33.5 Å². The summed E-state index contributed by atoms with van der Waals surface area (Å²) in [5, 5.41) is 7.04. The molecule has 192 valence electrons. The molecule has 2 aromatic heterocycles. The first kappa shape index (κ1) is 25.4. The SMILES string of the molecule is O=c1c2ccccc2nc(-c2cc3cc(Cl)ccc3o2)n1N=Cc1cc(Br)ccc1OCc1ccc(Cl)cc1. The van der Waals surface area contributed by atoms with Crippen molar-refractivity contribution in [3.63, 3.8) is 0 Å².